The van der Waals surface area contributed by atoms with Crippen LogP contribution in [0, 0.1) is 5.41 Å². The van der Waals surface area contributed by atoms with Gasteiger partial charge in [0.1, 0.15) is 0 Å². The minimum atomic E-state index is -0.607. The third-order valence-electron chi connectivity index (χ3n) is 5.59. The molecular formula is C20H20N6O2. The summed E-state index contributed by atoms with van der Waals surface area (Å²) < 4.78 is 0. The summed E-state index contributed by atoms with van der Waals surface area (Å²) >= 11 is 0. The van der Waals surface area contributed by atoms with Crippen LogP contribution in [0.5, 0.6) is 0 Å². The fourth-order valence-electron chi connectivity index (χ4n) is 4.32. The Morgan fingerprint density at radius 1 is 1.07 bits per heavy atom. The first-order valence-electron chi connectivity index (χ1n) is 9.22. The van der Waals surface area contributed by atoms with Crippen LogP contribution in [0.25, 0.3) is 10.9 Å². The third-order valence-corrected chi connectivity index (χ3v) is 5.59. The minimum Gasteiger partial charge on any atom is -0.339 e. The van der Waals surface area contributed by atoms with Crippen LogP contribution in [0.4, 0.5) is 5.95 Å². The number of para-hydroxylation sites is 1. The lowest BCUT2D eigenvalue weighted by Crippen LogP contribution is -2.72. The number of rotatable bonds is 4. The zero-order chi connectivity index (χ0) is 19.1. The fourth-order valence-corrected chi connectivity index (χ4v) is 4.32. The first kappa shape index (κ1) is 17.0. The Balaban J connectivity index is 1.19. The van der Waals surface area contributed by atoms with Crippen LogP contribution in [-0.4, -0.2) is 57.1 Å². The molecule has 0 unspecified atom stereocenters. The summed E-state index contributed by atoms with van der Waals surface area (Å²) in [6, 6.07) is 10.4. The van der Waals surface area contributed by atoms with Crippen LogP contribution in [0.2, 0.25) is 0 Å². The Morgan fingerprint density at radius 2 is 1.82 bits per heavy atom. The predicted octanol–water partition coefficient (Wildman–Crippen LogP) is 1.47. The number of nitrogens with one attached hydrogen (secondary N) is 1. The molecule has 0 aliphatic carbocycles. The number of amides is 1. The molecular weight excluding hydrogens is 356 g/mol. The number of hydroxylamine groups is 1. The van der Waals surface area contributed by atoms with Gasteiger partial charge in [0.2, 0.25) is 5.95 Å². The smallest absolute Gasteiger partial charge is 0.277 e. The van der Waals surface area contributed by atoms with Gasteiger partial charge in [0.05, 0.1) is 11.1 Å². The van der Waals surface area contributed by atoms with Gasteiger partial charge in [-0.1, -0.05) is 18.2 Å². The van der Waals surface area contributed by atoms with E-state index in [1.807, 2.05) is 12.3 Å². The average Bonchev–Trinajstić information content (AvgIpc) is 2.68. The van der Waals surface area contributed by atoms with Gasteiger partial charge in [0.15, 0.2) is 0 Å². The summed E-state index contributed by atoms with van der Waals surface area (Å²) in [5.74, 6) is 0.0172. The van der Waals surface area contributed by atoms with E-state index in [9.17, 15) is 4.79 Å². The number of carbonyl (C=O) groups excluding carboxylic acids is 1. The van der Waals surface area contributed by atoms with Crippen molar-refractivity contribution < 1.29 is 10.0 Å². The quantitative estimate of drug-likeness (QED) is 0.526. The molecule has 5 rings (SSSR count). The SMILES string of the molecule is O=C(NO)c1cnc(N2CC3(CN(Cc4ccnc5ccccc45)C3)C2)nc1. The van der Waals surface area contributed by atoms with E-state index in [2.05, 4.69) is 49.0 Å². The molecule has 1 spiro atoms. The first-order valence-corrected chi connectivity index (χ1v) is 9.22. The second-order valence-corrected chi connectivity index (χ2v) is 7.70. The number of hydrogen-bond acceptors (Lipinski definition) is 7. The second-order valence-electron chi connectivity index (χ2n) is 7.70. The lowest BCUT2D eigenvalue weighted by atomic mass is 9.73. The summed E-state index contributed by atoms with van der Waals surface area (Å²) in [4.78, 5) is 28.8. The molecule has 0 saturated carbocycles. The molecule has 2 fully saturated rings. The van der Waals surface area contributed by atoms with Gasteiger partial charge in [0, 0.05) is 62.1 Å². The Kier molecular flexibility index (Phi) is 3.96. The summed E-state index contributed by atoms with van der Waals surface area (Å²) in [7, 11) is 0. The molecule has 4 heterocycles. The maximum absolute atomic E-state index is 11.3. The fraction of sp³-hybridized carbons (Fsp3) is 0.300. The molecule has 2 saturated heterocycles. The van der Waals surface area contributed by atoms with E-state index < -0.39 is 5.91 Å². The van der Waals surface area contributed by atoms with Crippen LogP contribution in [0.1, 0.15) is 15.9 Å². The number of hydrogen-bond donors (Lipinski definition) is 2. The van der Waals surface area contributed by atoms with E-state index in [0.29, 0.717) is 11.4 Å². The van der Waals surface area contributed by atoms with Crippen molar-refractivity contribution in [1.82, 2.24) is 25.3 Å². The molecule has 3 aromatic rings. The van der Waals surface area contributed by atoms with Crippen LogP contribution in [-0.2, 0) is 6.54 Å². The summed E-state index contributed by atoms with van der Waals surface area (Å²) in [6.07, 6.45) is 4.75. The molecule has 142 valence electrons. The normalized spacial score (nSPS) is 18.0. The van der Waals surface area contributed by atoms with Gasteiger partial charge in [-0.3, -0.25) is 19.9 Å². The maximum Gasteiger partial charge on any atom is 0.277 e. The van der Waals surface area contributed by atoms with Crippen molar-refractivity contribution in [3.63, 3.8) is 0 Å². The van der Waals surface area contributed by atoms with Gasteiger partial charge in [0.25, 0.3) is 5.91 Å². The minimum absolute atomic E-state index is 0.237. The highest BCUT2D eigenvalue weighted by Gasteiger charge is 2.52. The summed E-state index contributed by atoms with van der Waals surface area (Å²) in [5, 5.41) is 9.87. The maximum atomic E-state index is 11.3. The van der Waals surface area contributed by atoms with Crippen LogP contribution in [0.3, 0.4) is 0 Å². The molecule has 0 radical (unpaired) electrons. The predicted molar refractivity (Wildman–Crippen MR) is 103 cm³/mol. The Hall–Kier alpha value is -3.10. The van der Waals surface area contributed by atoms with E-state index >= 15 is 0 Å². The van der Waals surface area contributed by atoms with Gasteiger partial charge in [-0.05, 0) is 17.7 Å². The van der Waals surface area contributed by atoms with E-state index in [-0.39, 0.29) is 5.56 Å². The number of nitrogens with zero attached hydrogens (tertiary/aromatic N) is 5. The van der Waals surface area contributed by atoms with E-state index in [1.165, 1.54) is 23.3 Å². The number of aromatic nitrogens is 3. The largest absolute Gasteiger partial charge is 0.339 e. The van der Waals surface area contributed by atoms with Crippen molar-refractivity contribution in [2.45, 2.75) is 6.54 Å². The van der Waals surface area contributed by atoms with Crippen molar-refractivity contribution in [2.24, 2.45) is 5.41 Å². The molecule has 0 bridgehead atoms. The lowest BCUT2D eigenvalue weighted by molar-refractivity contribution is -0.0278. The Morgan fingerprint density at radius 3 is 2.57 bits per heavy atom. The molecule has 1 amide bonds. The average molecular weight is 376 g/mol. The van der Waals surface area contributed by atoms with Gasteiger partial charge < -0.3 is 4.90 Å². The monoisotopic (exact) mass is 376 g/mol. The topological polar surface area (TPSA) is 94.5 Å². The molecule has 8 heteroatoms. The molecule has 1 aromatic carbocycles. The van der Waals surface area contributed by atoms with Crippen molar-refractivity contribution >= 4 is 22.8 Å². The van der Waals surface area contributed by atoms with Gasteiger partial charge in [-0.15, -0.1) is 0 Å². The van der Waals surface area contributed by atoms with E-state index in [4.69, 9.17) is 5.21 Å². The van der Waals surface area contributed by atoms with Crippen molar-refractivity contribution in [2.75, 3.05) is 31.1 Å². The first-order chi connectivity index (χ1) is 13.7. The second kappa shape index (κ2) is 6.50. The van der Waals surface area contributed by atoms with Gasteiger partial charge >= 0.3 is 0 Å². The van der Waals surface area contributed by atoms with Gasteiger partial charge in [-0.2, -0.15) is 0 Å². The van der Waals surface area contributed by atoms with E-state index in [0.717, 1.165) is 38.2 Å². The van der Waals surface area contributed by atoms with Crippen LogP contribution >= 0.6 is 0 Å². The number of fused-ring (bicyclic) bond motifs is 1. The highest BCUT2D eigenvalue weighted by molar-refractivity contribution is 5.92. The highest BCUT2D eigenvalue weighted by Crippen LogP contribution is 2.41. The summed E-state index contributed by atoms with van der Waals surface area (Å²) in [5.41, 5.74) is 4.49. The molecule has 8 nitrogen and oxygen atoms in total. The number of carbonyl (C=O) groups is 1. The zero-order valence-corrected chi connectivity index (χ0v) is 15.2. The molecule has 28 heavy (non-hydrogen) atoms. The Labute approximate surface area is 161 Å². The molecule has 2 N–H and O–H groups in total. The Bertz CT molecular complexity index is 1020. The molecule has 2 aliphatic rings. The lowest BCUT2D eigenvalue weighted by Gasteiger charge is -2.60. The number of anilines is 1. The van der Waals surface area contributed by atoms with Gasteiger partial charge in [-0.25, -0.2) is 15.4 Å². The van der Waals surface area contributed by atoms with E-state index in [1.54, 1.807) is 5.48 Å². The molecule has 0 atom stereocenters. The van der Waals surface area contributed by atoms with Crippen LogP contribution in [0.15, 0.2) is 48.9 Å². The van der Waals surface area contributed by atoms with Crippen molar-refractivity contribution in [3.05, 3.63) is 60.0 Å². The molecule has 2 aromatic heterocycles. The standard InChI is InChI=1S/C20H20N6O2/c27-18(24-28)15-7-22-19(23-8-15)26-12-20(13-26)10-25(11-20)9-14-5-6-21-17-4-2-1-3-16(14)17/h1-8,28H,9-13H2,(H,24,27). The highest BCUT2D eigenvalue weighted by atomic mass is 16.5. The summed E-state index contributed by atoms with van der Waals surface area (Å²) in [6.45, 7) is 4.90. The van der Waals surface area contributed by atoms with Crippen LogP contribution < -0.4 is 10.4 Å². The number of likely N-dealkylation sites (tertiary alicyclic amines) is 1. The molecule has 2 aliphatic heterocycles. The zero-order valence-electron chi connectivity index (χ0n) is 15.2. The van der Waals surface area contributed by atoms with Crippen molar-refractivity contribution in [1.29, 1.82) is 0 Å². The third kappa shape index (κ3) is 2.87. The number of benzene rings is 1. The number of pyridine rings is 1. The van der Waals surface area contributed by atoms with Crippen molar-refractivity contribution in [3.8, 4) is 0 Å².